The summed E-state index contributed by atoms with van der Waals surface area (Å²) in [7, 11) is 0. The van der Waals surface area contributed by atoms with E-state index in [1.165, 1.54) is 6.07 Å². The highest BCUT2D eigenvalue weighted by atomic mass is 19.1. The summed E-state index contributed by atoms with van der Waals surface area (Å²) in [5.41, 5.74) is 1.44. The lowest BCUT2D eigenvalue weighted by molar-refractivity contribution is -0.144. The standard InChI is InChI=1S/C20H22FNO3/c1-14(25-18-7-4-5-15(10-18)13-23)20(24)22-11-16(12-22)9-17-6-2-3-8-19(17)21/h2-8,10,14,16,23H,9,11-13H2,1H3. The summed E-state index contributed by atoms with van der Waals surface area (Å²) >= 11 is 0. The van der Waals surface area contributed by atoms with Gasteiger partial charge in [0, 0.05) is 13.1 Å². The van der Waals surface area contributed by atoms with Crippen molar-refractivity contribution in [1.82, 2.24) is 4.90 Å². The number of halogens is 1. The molecular formula is C20H22FNO3. The van der Waals surface area contributed by atoms with Crippen LogP contribution >= 0.6 is 0 Å². The maximum absolute atomic E-state index is 13.7. The van der Waals surface area contributed by atoms with Crippen LogP contribution in [-0.4, -0.2) is 35.1 Å². The van der Waals surface area contributed by atoms with Crippen LogP contribution in [0.4, 0.5) is 4.39 Å². The van der Waals surface area contributed by atoms with Crippen LogP contribution in [0.25, 0.3) is 0 Å². The Hall–Kier alpha value is -2.40. The van der Waals surface area contributed by atoms with E-state index in [4.69, 9.17) is 9.84 Å². The molecule has 1 heterocycles. The van der Waals surface area contributed by atoms with Crippen LogP contribution in [-0.2, 0) is 17.8 Å². The minimum absolute atomic E-state index is 0.0661. The Kier molecular flexibility index (Phi) is 5.34. The van der Waals surface area contributed by atoms with E-state index in [9.17, 15) is 9.18 Å². The molecule has 4 nitrogen and oxygen atoms in total. The quantitative estimate of drug-likeness (QED) is 0.877. The number of aliphatic hydroxyl groups is 1. The number of likely N-dealkylation sites (tertiary alicyclic amines) is 1. The number of ether oxygens (including phenoxy) is 1. The number of benzene rings is 2. The average molecular weight is 343 g/mol. The van der Waals surface area contributed by atoms with Crippen molar-refractivity contribution in [2.45, 2.75) is 26.1 Å². The molecule has 3 rings (SSSR count). The molecule has 0 bridgehead atoms. The van der Waals surface area contributed by atoms with E-state index < -0.39 is 6.10 Å². The summed E-state index contributed by atoms with van der Waals surface area (Å²) in [5, 5.41) is 9.15. The van der Waals surface area contributed by atoms with Crippen molar-refractivity contribution >= 4 is 5.91 Å². The summed E-state index contributed by atoms with van der Waals surface area (Å²) in [6, 6.07) is 13.8. The van der Waals surface area contributed by atoms with Crippen molar-refractivity contribution in [2.75, 3.05) is 13.1 Å². The molecule has 1 N–H and O–H groups in total. The van der Waals surface area contributed by atoms with Gasteiger partial charge in [-0.2, -0.15) is 0 Å². The van der Waals surface area contributed by atoms with Crippen LogP contribution in [0.2, 0.25) is 0 Å². The highest BCUT2D eigenvalue weighted by Crippen LogP contribution is 2.23. The maximum atomic E-state index is 13.7. The zero-order valence-corrected chi connectivity index (χ0v) is 14.2. The predicted molar refractivity (Wildman–Crippen MR) is 92.6 cm³/mol. The molecule has 132 valence electrons. The molecule has 0 spiro atoms. The van der Waals surface area contributed by atoms with Crippen molar-refractivity contribution in [3.05, 3.63) is 65.5 Å². The first-order valence-electron chi connectivity index (χ1n) is 8.45. The fourth-order valence-electron chi connectivity index (χ4n) is 3.08. The molecule has 1 atom stereocenters. The summed E-state index contributed by atoms with van der Waals surface area (Å²) in [6.07, 6.45) is 0.0490. The number of hydrogen-bond acceptors (Lipinski definition) is 3. The number of aliphatic hydroxyl groups excluding tert-OH is 1. The van der Waals surface area contributed by atoms with Crippen LogP contribution in [0, 0.1) is 11.7 Å². The molecule has 2 aromatic rings. The van der Waals surface area contributed by atoms with Crippen molar-refractivity contribution < 1.29 is 19.0 Å². The van der Waals surface area contributed by atoms with Gasteiger partial charge in [0.2, 0.25) is 0 Å². The normalized spacial score (nSPS) is 15.6. The van der Waals surface area contributed by atoms with Crippen molar-refractivity contribution in [1.29, 1.82) is 0 Å². The largest absolute Gasteiger partial charge is 0.481 e. The highest BCUT2D eigenvalue weighted by Gasteiger charge is 2.34. The van der Waals surface area contributed by atoms with Gasteiger partial charge >= 0.3 is 0 Å². The number of carbonyl (C=O) groups is 1. The van der Waals surface area contributed by atoms with Crippen LogP contribution < -0.4 is 4.74 Å². The fraction of sp³-hybridized carbons (Fsp3) is 0.350. The molecule has 1 aliphatic rings. The van der Waals surface area contributed by atoms with Crippen LogP contribution in [0.3, 0.4) is 0 Å². The second-order valence-electron chi connectivity index (χ2n) is 6.47. The Bertz CT molecular complexity index is 743. The van der Waals surface area contributed by atoms with E-state index in [0.717, 1.165) is 5.56 Å². The van der Waals surface area contributed by atoms with E-state index in [0.29, 0.717) is 30.8 Å². The number of nitrogens with zero attached hydrogens (tertiary/aromatic N) is 1. The Morgan fingerprint density at radius 3 is 2.76 bits per heavy atom. The minimum atomic E-state index is -0.594. The summed E-state index contributed by atoms with van der Waals surface area (Å²) < 4.78 is 19.4. The molecule has 1 saturated heterocycles. The van der Waals surface area contributed by atoms with Gasteiger partial charge in [-0.3, -0.25) is 4.79 Å². The van der Waals surface area contributed by atoms with Crippen LogP contribution in [0.15, 0.2) is 48.5 Å². The van der Waals surface area contributed by atoms with Crippen molar-refractivity contribution in [3.8, 4) is 5.75 Å². The molecule has 0 aliphatic carbocycles. The number of rotatable bonds is 6. The first kappa shape index (κ1) is 17.4. The van der Waals surface area contributed by atoms with Gasteiger partial charge in [-0.25, -0.2) is 4.39 Å². The lowest BCUT2D eigenvalue weighted by atomic mass is 9.91. The second-order valence-corrected chi connectivity index (χ2v) is 6.47. The molecule has 0 aromatic heterocycles. The minimum Gasteiger partial charge on any atom is -0.481 e. The zero-order valence-electron chi connectivity index (χ0n) is 14.2. The third-order valence-corrected chi connectivity index (χ3v) is 4.48. The average Bonchev–Trinajstić information content (AvgIpc) is 2.58. The molecule has 1 fully saturated rings. The van der Waals surface area contributed by atoms with Crippen LogP contribution in [0.1, 0.15) is 18.1 Å². The third-order valence-electron chi connectivity index (χ3n) is 4.48. The summed E-state index contributed by atoms with van der Waals surface area (Å²) in [4.78, 5) is 14.2. The Labute approximate surface area is 146 Å². The molecule has 0 radical (unpaired) electrons. The number of hydrogen-bond donors (Lipinski definition) is 1. The topological polar surface area (TPSA) is 49.8 Å². The highest BCUT2D eigenvalue weighted by molar-refractivity contribution is 5.81. The van der Waals surface area contributed by atoms with Gasteiger partial charge in [-0.15, -0.1) is 0 Å². The molecule has 1 amide bonds. The lowest BCUT2D eigenvalue weighted by Gasteiger charge is -2.40. The predicted octanol–water partition coefficient (Wildman–Crippen LogP) is 2.79. The van der Waals surface area contributed by atoms with E-state index in [2.05, 4.69) is 0 Å². The Morgan fingerprint density at radius 1 is 1.28 bits per heavy atom. The van der Waals surface area contributed by atoms with Gasteiger partial charge in [0.15, 0.2) is 6.10 Å². The van der Waals surface area contributed by atoms with Crippen molar-refractivity contribution in [2.24, 2.45) is 5.92 Å². The Balaban J connectivity index is 1.50. The molecule has 1 aliphatic heterocycles. The third kappa shape index (κ3) is 4.17. The summed E-state index contributed by atoms with van der Waals surface area (Å²) in [6.45, 7) is 2.90. The monoisotopic (exact) mass is 343 g/mol. The SMILES string of the molecule is CC(Oc1cccc(CO)c1)C(=O)N1CC(Cc2ccccc2F)C1. The summed E-state index contributed by atoms with van der Waals surface area (Å²) in [5.74, 6) is 0.591. The van der Waals surface area contributed by atoms with Gasteiger partial charge in [0.05, 0.1) is 6.61 Å². The van der Waals surface area contributed by atoms with E-state index in [1.807, 2.05) is 6.07 Å². The lowest BCUT2D eigenvalue weighted by Crippen LogP contribution is -2.54. The van der Waals surface area contributed by atoms with Crippen molar-refractivity contribution in [3.63, 3.8) is 0 Å². The smallest absolute Gasteiger partial charge is 0.263 e. The first-order valence-corrected chi connectivity index (χ1v) is 8.45. The molecule has 2 aromatic carbocycles. The maximum Gasteiger partial charge on any atom is 0.263 e. The van der Waals surface area contributed by atoms with Gasteiger partial charge < -0.3 is 14.7 Å². The van der Waals surface area contributed by atoms with Gasteiger partial charge in [0.25, 0.3) is 5.91 Å². The van der Waals surface area contributed by atoms with E-state index in [-0.39, 0.29) is 24.2 Å². The molecule has 5 heteroatoms. The zero-order chi connectivity index (χ0) is 17.8. The molecule has 25 heavy (non-hydrogen) atoms. The Morgan fingerprint density at radius 2 is 2.04 bits per heavy atom. The number of amides is 1. The van der Waals surface area contributed by atoms with Gasteiger partial charge in [0.1, 0.15) is 11.6 Å². The van der Waals surface area contributed by atoms with Gasteiger partial charge in [-0.1, -0.05) is 30.3 Å². The molecule has 0 saturated carbocycles. The first-order chi connectivity index (χ1) is 12.1. The van der Waals surface area contributed by atoms with Gasteiger partial charge in [-0.05, 0) is 48.6 Å². The van der Waals surface area contributed by atoms with E-state index >= 15 is 0 Å². The van der Waals surface area contributed by atoms with Crippen LogP contribution in [0.5, 0.6) is 5.75 Å². The molecular weight excluding hydrogens is 321 g/mol. The second kappa shape index (κ2) is 7.66. The number of carbonyl (C=O) groups excluding carboxylic acids is 1. The fourth-order valence-corrected chi connectivity index (χ4v) is 3.08. The molecule has 1 unspecified atom stereocenters. The van der Waals surface area contributed by atoms with E-state index in [1.54, 1.807) is 48.2 Å².